The Balaban J connectivity index is 1.45. The largest absolute Gasteiger partial charge is 0.459 e. The number of anilines is 1. The van der Waals surface area contributed by atoms with Crippen molar-refractivity contribution in [3.63, 3.8) is 0 Å². The van der Waals surface area contributed by atoms with Gasteiger partial charge in [-0.25, -0.2) is 18.5 Å². The lowest BCUT2D eigenvalue weighted by atomic mass is 10.2. The zero-order chi connectivity index (χ0) is 22.9. The highest BCUT2D eigenvalue weighted by Crippen LogP contribution is 2.17. The number of pyridine rings is 1. The first-order valence-corrected chi connectivity index (χ1v) is 11.0. The van der Waals surface area contributed by atoms with Crippen LogP contribution in [-0.4, -0.2) is 29.6 Å². The number of furan rings is 1. The van der Waals surface area contributed by atoms with Crippen molar-refractivity contribution in [1.82, 2.24) is 14.7 Å². The number of amides is 2. The van der Waals surface area contributed by atoms with Crippen molar-refractivity contribution in [3.8, 4) is 0 Å². The lowest BCUT2D eigenvalue weighted by molar-refractivity contribution is 0.0947. The zero-order valence-corrected chi connectivity index (χ0v) is 17.7. The van der Waals surface area contributed by atoms with Crippen LogP contribution in [0.15, 0.2) is 70.6 Å². The molecular weight excluding hydrogens is 434 g/mol. The molecule has 0 bridgehead atoms. The van der Waals surface area contributed by atoms with Crippen LogP contribution in [0.5, 0.6) is 0 Å². The van der Waals surface area contributed by atoms with Gasteiger partial charge < -0.3 is 19.5 Å². The summed E-state index contributed by atoms with van der Waals surface area (Å²) in [5.74, 6) is -0.544. The molecule has 11 heteroatoms. The summed E-state index contributed by atoms with van der Waals surface area (Å²) in [6.07, 6.45) is 4.56. The maximum absolute atomic E-state index is 12.6. The number of nitrogens with two attached hydrogens (primary N) is 1. The number of sulfonamides is 1. The predicted molar refractivity (Wildman–Crippen MR) is 116 cm³/mol. The number of primary sulfonamides is 1. The third-order valence-corrected chi connectivity index (χ3v) is 5.71. The Bertz CT molecular complexity index is 1420. The van der Waals surface area contributed by atoms with E-state index in [1.54, 1.807) is 47.9 Å². The average molecular weight is 453 g/mol. The summed E-state index contributed by atoms with van der Waals surface area (Å²) in [5, 5.41) is 10.6. The van der Waals surface area contributed by atoms with Gasteiger partial charge in [0.25, 0.3) is 11.8 Å². The fourth-order valence-corrected chi connectivity index (χ4v) is 3.62. The molecule has 0 aliphatic heterocycles. The predicted octanol–water partition coefficient (Wildman–Crippen LogP) is 2.07. The quantitative estimate of drug-likeness (QED) is 0.407. The highest BCUT2D eigenvalue weighted by molar-refractivity contribution is 7.89. The molecule has 3 heterocycles. The molecule has 0 aliphatic rings. The number of aryl methyl sites for hydroxylation is 1. The van der Waals surface area contributed by atoms with E-state index < -0.39 is 15.9 Å². The normalized spacial score (nSPS) is 11.4. The van der Waals surface area contributed by atoms with E-state index >= 15 is 0 Å². The highest BCUT2D eigenvalue weighted by Gasteiger charge is 2.16. The number of aromatic nitrogens is 2. The fraction of sp³-hybridized carbons (Fsp3) is 0.0952. The third kappa shape index (κ3) is 4.38. The number of fused-ring (bicyclic) bond motifs is 1. The molecule has 2 amide bonds. The summed E-state index contributed by atoms with van der Waals surface area (Å²) in [6, 6.07) is 10.9. The van der Waals surface area contributed by atoms with Crippen LogP contribution in [0.3, 0.4) is 0 Å². The number of carbonyl (C=O) groups excluding carboxylic acids is 2. The van der Waals surface area contributed by atoms with Crippen LogP contribution < -0.4 is 15.8 Å². The number of nitrogens with one attached hydrogen (secondary N) is 2. The van der Waals surface area contributed by atoms with Crippen LogP contribution in [0.4, 0.5) is 5.69 Å². The van der Waals surface area contributed by atoms with Gasteiger partial charge in [0, 0.05) is 18.3 Å². The van der Waals surface area contributed by atoms with Gasteiger partial charge in [-0.3, -0.25) is 9.59 Å². The Hall–Kier alpha value is -3.96. The topological polar surface area (TPSA) is 149 Å². The first-order valence-electron chi connectivity index (χ1n) is 9.44. The molecule has 0 saturated heterocycles. The molecule has 0 fully saturated rings. The van der Waals surface area contributed by atoms with Crippen molar-refractivity contribution >= 4 is 33.0 Å². The minimum absolute atomic E-state index is 0.00206. The number of hydrogen-bond donors (Lipinski definition) is 3. The lowest BCUT2D eigenvalue weighted by Crippen LogP contribution is -2.23. The number of carbonyl (C=O) groups is 2. The van der Waals surface area contributed by atoms with Crippen molar-refractivity contribution in [2.45, 2.75) is 18.4 Å². The van der Waals surface area contributed by atoms with Gasteiger partial charge in [-0.15, -0.1) is 0 Å². The second-order valence-electron chi connectivity index (χ2n) is 7.06. The minimum Gasteiger partial charge on any atom is -0.459 e. The Labute approximate surface area is 183 Å². The van der Waals surface area contributed by atoms with Gasteiger partial charge in [0.15, 0.2) is 11.5 Å². The zero-order valence-electron chi connectivity index (χ0n) is 16.9. The van der Waals surface area contributed by atoms with Crippen LogP contribution in [0.1, 0.15) is 32.2 Å². The van der Waals surface area contributed by atoms with Crippen LogP contribution in [0.2, 0.25) is 0 Å². The standard InChI is InChI=1S/C21H19N5O5S/c1-13-8-9-31-19(13)21(28)25-15-4-7-17-18(24-12-26(17)11-15)20(27)23-10-14-2-5-16(6-3-14)32(22,29)30/h2-9,11-12H,10H2,1H3,(H,23,27)(H,25,28)(H2,22,29,30). The first kappa shape index (κ1) is 21.3. The maximum Gasteiger partial charge on any atom is 0.291 e. The number of hydrogen-bond acceptors (Lipinski definition) is 6. The van der Waals surface area contributed by atoms with Crippen LogP contribution >= 0.6 is 0 Å². The van der Waals surface area contributed by atoms with Crippen molar-refractivity contribution in [2.75, 3.05) is 5.32 Å². The van der Waals surface area contributed by atoms with Gasteiger partial charge in [-0.05, 0) is 42.8 Å². The lowest BCUT2D eigenvalue weighted by Gasteiger charge is -2.07. The van der Waals surface area contributed by atoms with E-state index in [2.05, 4.69) is 15.6 Å². The van der Waals surface area contributed by atoms with Gasteiger partial charge in [-0.2, -0.15) is 0 Å². The number of imidazole rings is 1. The van der Waals surface area contributed by atoms with Crippen molar-refractivity contribution in [3.05, 3.63) is 83.8 Å². The molecule has 0 spiro atoms. The summed E-state index contributed by atoms with van der Waals surface area (Å²) in [4.78, 5) is 29.1. The monoisotopic (exact) mass is 453 g/mol. The molecule has 0 aliphatic carbocycles. The second kappa shape index (κ2) is 8.29. The molecular formula is C21H19N5O5S. The van der Waals surface area contributed by atoms with Crippen molar-refractivity contribution in [2.24, 2.45) is 5.14 Å². The Morgan fingerprint density at radius 3 is 2.50 bits per heavy atom. The van der Waals surface area contributed by atoms with E-state index in [4.69, 9.17) is 9.56 Å². The number of benzene rings is 1. The van der Waals surface area contributed by atoms with Gasteiger partial charge in [-0.1, -0.05) is 12.1 Å². The third-order valence-electron chi connectivity index (χ3n) is 4.78. The molecule has 0 saturated carbocycles. The molecule has 4 rings (SSSR count). The van der Waals surface area contributed by atoms with Crippen LogP contribution in [0, 0.1) is 6.92 Å². The van der Waals surface area contributed by atoms with Crippen LogP contribution in [0.25, 0.3) is 5.52 Å². The van der Waals surface area contributed by atoms with E-state index in [0.717, 1.165) is 5.56 Å². The Morgan fingerprint density at radius 2 is 1.84 bits per heavy atom. The van der Waals surface area contributed by atoms with E-state index in [1.807, 2.05) is 0 Å². The molecule has 0 unspecified atom stereocenters. The first-order chi connectivity index (χ1) is 15.2. The molecule has 0 atom stereocenters. The Morgan fingerprint density at radius 1 is 1.09 bits per heavy atom. The summed E-state index contributed by atoms with van der Waals surface area (Å²) < 4.78 is 29.4. The smallest absolute Gasteiger partial charge is 0.291 e. The summed E-state index contributed by atoms with van der Waals surface area (Å²) in [5.41, 5.74) is 2.71. The van der Waals surface area contributed by atoms with E-state index in [0.29, 0.717) is 16.8 Å². The van der Waals surface area contributed by atoms with E-state index in [9.17, 15) is 18.0 Å². The minimum atomic E-state index is -3.77. The maximum atomic E-state index is 12.6. The molecule has 10 nitrogen and oxygen atoms in total. The molecule has 1 aromatic carbocycles. The van der Waals surface area contributed by atoms with Crippen LogP contribution in [-0.2, 0) is 16.6 Å². The fourth-order valence-electron chi connectivity index (χ4n) is 3.11. The second-order valence-corrected chi connectivity index (χ2v) is 8.62. The van der Waals surface area contributed by atoms with E-state index in [1.165, 1.54) is 24.7 Å². The average Bonchev–Trinajstić information content (AvgIpc) is 3.37. The molecule has 4 N–H and O–H groups in total. The van der Waals surface area contributed by atoms with E-state index in [-0.39, 0.29) is 28.8 Å². The summed E-state index contributed by atoms with van der Waals surface area (Å²) >= 11 is 0. The number of rotatable bonds is 6. The van der Waals surface area contributed by atoms with Gasteiger partial charge in [0.1, 0.15) is 6.33 Å². The number of nitrogens with zero attached hydrogens (tertiary/aromatic N) is 2. The molecule has 4 aromatic rings. The highest BCUT2D eigenvalue weighted by atomic mass is 32.2. The van der Waals surface area contributed by atoms with Crippen molar-refractivity contribution in [1.29, 1.82) is 0 Å². The summed E-state index contributed by atoms with van der Waals surface area (Å²) in [6.45, 7) is 1.95. The molecule has 32 heavy (non-hydrogen) atoms. The SMILES string of the molecule is Cc1ccoc1C(=O)Nc1ccc2c(C(=O)NCc3ccc(S(N)(=O)=O)cc3)ncn2c1. The van der Waals surface area contributed by atoms with Crippen molar-refractivity contribution < 1.29 is 22.4 Å². The van der Waals surface area contributed by atoms with Gasteiger partial charge >= 0.3 is 0 Å². The van der Waals surface area contributed by atoms with Gasteiger partial charge in [0.2, 0.25) is 10.0 Å². The summed E-state index contributed by atoms with van der Waals surface area (Å²) in [7, 11) is -3.77. The Kier molecular flexibility index (Phi) is 5.51. The molecule has 164 valence electrons. The molecule has 3 aromatic heterocycles. The van der Waals surface area contributed by atoms with Gasteiger partial charge in [0.05, 0.1) is 22.4 Å². The molecule has 0 radical (unpaired) electrons.